The van der Waals surface area contributed by atoms with Gasteiger partial charge in [-0.3, -0.25) is 4.98 Å². The Balaban J connectivity index is 1.54. The van der Waals surface area contributed by atoms with Gasteiger partial charge in [-0.2, -0.15) is 15.5 Å². The number of nitrogens with one attached hydrogen (secondary N) is 2. The fourth-order valence-corrected chi connectivity index (χ4v) is 4.26. The van der Waals surface area contributed by atoms with Gasteiger partial charge in [0.15, 0.2) is 5.82 Å². The van der Waals surface area contributed by atoms with Crippen molar-refractivity contribution in [2.75, 3.05) is 10.6 Å². The van der Waals surface area contributed by atoms with E-state index in [4.69, 9.17) is 10.2 Å². The Morgan fingerprint density at radius 2 is 1.64 bits per heavy atom. The molecule has 0 amide bonds. The molecule has 0 saturated carbocycles. The van der Waals surface area contributed by atoms with Crippen molar-refractivity contribution in [3.05, 3.63) is 89.4 Å². The van der Waals surface area contributed by atoms with Gasteiger partial charge in [-0.25, -0.2) is 4.98 Å². The highest BCUT2D eigenvalue weighted by molar-refractivity contribution is 5.91. The van der Waals surface area contributed by atoms with Gasteiger partial charge in [0.1, 0.15) is 11.6 Å². The molecular weight excluding hydrogens is 448 g/mol. The lowest BCUT2D eigenvalue weighted by Crippen LogP contribution is -2.05. The predicted molar refractivity (Wildman–Crippen MR) is 140 cm³/mol. The molecule has 2 aromatic carbocycles. The first-order chi connectivity index (χ1) is 17.5. The monoisotopic (exact) mass is 470 g/mol. The van der Waals surface area contributed by atoms with E-state index in [1.54, 1.807) is 24.5 Å². The van der Waals surface area contributed by atoms with Crippen molar-refractivity contribution in [2.45, 2.75) is 13.8 Å². The lowest BCUT2D eigenvalue weighted by molar-refractivity contribution is 0.964. The number of aromatic nitrogens is 4. The summed E-state index contributed by atoms with van der Waals surface area (Å²) < 4.78 is 1.98. The summed E-state index contributed by atoms with van der Waals surface area (Å²) in [6, 6.07) is 19.4. The highest BCUT2D eigenvalue weighted by Gasteiger charge is 2.15. The highest BCUT2D eigenvalue weighted by Crippen LogP contribution is 2.33. The summed E-state index contributed by atoms with van der Waals surface area (Å²) in [5, 5.41) is 25.3. The first-order valence-corrected chi connectivity index (χ1v) is 11.3. The lowest BCUT2D eigenvalue weighted by Gasteiger charge is -2.17. The van der Waals surface area contributed by atoms with Crippen molar-refractivity contribution < 1.29 is 0 Å². The van der Waals surface area contributed by atoms with Crippen LogP contribution < -0.4 is 10.6 Å². The minimum atomic E-state index is 0.447. The van der Waals surface area contributed by atoms with Crippen LogP contribution in [0.2, 0.25) is 0 Å². The van der Waals surface area contributed by atoms with E-state index < -0.39 is 0 Å². The Labute approximate surface area is 208 Å². The van der Waals surface area contributed by atoms with Gasteiger partial charge in [0.05, 0.1) is 22.7 Å². The molecule has 0 fully saturated rings. The quantitative estimate of drug-likeness (QED) is 0.330. The number of hydrogen-bond donors (Lipinski definition) is 2. The Morgan fingerprint density at radius 3 is 2.33 bits per heavy atom. The average molecular weight is 471 g/mol. The van der Waals surface area contributed by atoms with E-state index in [1.807, 2.05) is 55.9 Å². The van der Waals surface area contributed by atoms with E-state index in [2.05, 4.69) is 44.9 Å². The van der Waals surface area contributed by atoms with Crippen molar-refractivity contribution in [3.63, 3.8) is 0 Å². The van der Waals surface area contributed by atoms with Gasteiger partial charge in [-0.1, -0.05) is 0 Å². The van der Waals surface area contributed by atoms with E-state index >= 15 is 0 Å². The zero-order valence-corrected chi connectivity index (χ0v) is 20.0. The molecule has 5 aromatic rings. The number of hydrogen-bond acceptors (Lipinski definition) is 7. The van der Waals surface area contributed by atoms with Crippen LogP contribution in [-0.4, -0.2) is 19.5 Å². The summed E-state index contributed by atoms with van der Waals surface area (Å²) >= 11 is 0. The second-order valence-corrected chi connectivity index (χ2v) is 8.51. The molecule has 5 rings (SSSR count). The molecule has 0 aliphatic heterocycles. The lowest BCUT2D eigenvalue weighted by atomic mass is 9.97. The highest BCUT2D eigenvalue weighted by atomic mass is 15.2. The van der Waals surface area contributed by atoms with Crippen LogP contribution >= 0.6 is 0 Å². The molecule has 0 unspecified atom stereocenters. The summed E-state index contributed by atoms with van der Waals surface area (Å²) in [6.07, 6.45) is 5.23. The number of nitrogens with zero attached hydrogens (tertiary/aromatic N) is 6. The predicted octanol–water partition coefficient (Wildman–Crippen LogP) is 5.88. The molecule has 36 heavy (non-hydrogen) atoms. The van der Waals surface area contributed by atoms with Crippen LogP contribution in [0.15, 0.2) is 67.1 Å². The molecule has 0 radical (unpaired) electrons. The van der Waals surface area contributed by atoms with Crippen LogP contribution in [0, 0.1) is 36.5 Å². The topological polar surface area (TPSA) is 115 Å². The molecule has 8 heteroatoms. The van der Waals surface area contributed by atoms with Gasteiger partial charge < -0.3 is 15.2 Å². The summed E-state index contributed by atoms with van der Waals surface area (Å²) in [4.78, 5) is 13.5. The molecule has 3 heterocycles. The van der Waals surface area contributed by atoms with Gasteiger partial charge in [0, 0.05) is 42.6 Å². The van der Waals surface area contributed by atoms with Crippen LogP contribution in [0.25, 0.3) is 22.2 Å². The fourth-order valence-electron chi connectivity index (χ4n) is 4.26. The van der Waals surface area contributed by atoms with Crippen molar-refractivity contribution in [2.24, 2.45) is 7.05 Å². The zero-order valence-electron chi connectivity index (χ0n) is 20.0. The van der Waals surface area contributed by atoms with Crippen LogP contribution in [0.5, 0.6) is 0 Å². The summed E-state index contributed by atoms with van der Waals surface area (Å²) in [6.45, 7) is 4.07. The first kappa shape index (κ1) is 22.6. The van der Waals surface area contributed by atoms with Crippen LogP contribution in [-0.2, 0) is 7.05 Å². The van der Waals surface area contributed by atoms with Crippen molar-refractivity contribution >= 4 is 34.2 Å². The average Bonchev–Trinajstić information content (AvgIpc) is 3.27. The fraction of sp³-hybridized carbons (Fsp3) is 0.107. The SMILES string of the molecule is Cc1cc(-c2ccncc2C#N)cc(C)c1Nc1nc(Nc2ccc(C#N)cc2)nc2ccn(C)c12. The summed E-state index contributed by atoms with van der Waals surface area (Å²) in [5.74, 6) is 1.12. The van der Waals surface area contributed by atoms with Gasteiger partial charge in [0.2, 0.25) is 5.95 Å². The van der Waals surface area contributed by atoms with E-state index in [0.717, 1.165) is 44.7 Å². The number of fused-ring (bicyclic) bond motifs is 1. The van der Waals surface area contributed by atoms with Gasteiger partial charge in [-0.05, 0) is 79.1 Å². The molecule has 0 bridgehead atoms. The maximum Gasteiger partial charge on any atom is 0.229 e. The molecule has 174 valence electrons. The molecule has 8 nitrogen and oxygen atoms in total. The summed E-state index contributed by atoms with van der Waals surface area (Å²) in [5.41, 5.74) is 8.39. The van der Waals surface area contributed by atoms with Crippen LogP contribution in [0.4, 0.5) is 23.1 Å². The number of benzene rings is 2. The second kappa shape index (κ2) is 9.21. The molecule has 0 aliphatic carbocycles. The van der Waals surface area contributed by atoms with E-state index in [-0.39, 0.29) is 0 Å². The Kier molecular flexibility index (Phi) is 5.77. The normalized spacial score (nSPS) is 10.6. The van der Waals surface area contributed by atoms with Crippen LogP contribution in [0.1, 0.15) is 22.3 Å². The number of rotatable bonds is 5. The third kappa shape index (κ3) is 4.20. The third-order valence-electron chi connectivity index (χ3n) is 6.02. The Morgan fingerprint density at radius 1 is 0.889 bits per heavy atom. The molecular formula is C28H22N8. The maximum atomic E-state index is 9.49. The second-order valence-electron chi connectivity index (χ2n) is 8.51. The van der Waals surface area contributed by atoms with Gasteiger partial charge >= 0.3 is 0 Å². The standard InChI is InChI=1S/C28H22N8/c1-17-12-20(23-8-10-31-16-21(23)15-30)13-18(2)25(17)34-27-26-24(9-11-36(26)3)33-28(35-27)32-22-6-4-19(14-29)5-7-22/h4-13,16H,1-3H3,(H2,32,33,34,35). The molecule has 0 atom stereocenters. The number of anilines is 4. The zero-order chi connectivity index (χ0) is 25.2. The molecule has 0 saturated heterocycles. The molecule has 0 aliphatic rings. The van der Waals surface area contributed by atoms with Crippen molar-refractivity contribution in [3.8, 4) is 23.3 Å². The van der Waals surface area contributed by atoms with Gasteiger partial charge in [-0.15, -0.1) is 0 Å². The van der Waals surface area contributed by atoms with E-state index in [1.165, 1.54) is 0 Å². The van der Waals surface area contributed by atoms with E-state index in [0.29, 0.717) is 22.9 Å². The third-order valence-corrected chi connectivity index (χ3v) is 6.02. The smallest absolute Gasteiger partial charge is 0.229 e. The maximum absolute atomic E-state index is 9.49. The Bertz CT molecular complexity index is 1660. The molecule has 3 aromatic heterocycles. The molecule has 2 N–H and O–H groups in total. The van der Waals surface area contributed by atoms with Gasteiger partial charge in [0.25, 0.3) is 0 Å². The largest absolute Gasteiger partial charge is 0.346 e. The first-order valence-electron chi connectivity index (χ1n) is 11.3. The number of nitriles is 2. The van der Waals surface area contributed by atoms with Crippen LogP contribution in [0.3, 0.4) is 0 Å². The van der Waals surface area contributed by atoms with E-state index in [9.17, 15) is 5.26 Å². The summed E-state index contributed by atoms with van der Waals surface area (Å²) in [7, 11) is 1.96. The number of aryl methyl sites for hydroxylation is 3. The molecule has 0 spiro atoms. The van der Waals surface area contributed by atoms with Crippen molar-refractivity contribution in [1.82, 2.24) is 19.5 Å². The number of pyridine rings is 1. The minimum absolute atomic E-state index is 0.447. The Hall–Kier alpha value is -5.21. The minimum Gasteiger partial charge on any atom is -0.346 e. The van der Waals surface area contributed by atoms with Crippen molar-refractivity contribution in [1.29, 1.82) is 10.5 Å².